The normalized spacial score (nSPS) is 16.2. The molecule has 1 saturated heterocycles. The third kappa shape index (κ3) is 4.28. The maximum Gasteiger partial charge on any atom is 0.138 e. The number of aromatic nitrogens is 2. The van der Waals surface area contributed by atoms with E-state index >= 15 is 0 Å². The van der Waals surface area contributed by atoms with Gasteiger partial charge in [-0.2, -0.15) is 5.26 Å². The van der Waals surface area contributed by atoms with E-state index in [1.807, 2.05) is 12.1 Å². The molecular weight excluding hydrogens is 416 g/mol. The summed E-state index contributed by atoms with van der Waals surface area (Å²) >= 11 is 0. The number of benzene rings is 2. The number of rotatable bonds is 5. The number of nitrogens with zero attached hydrogens (tertiary/aromatic N) is 3. The van der Waals surface area contributed by atoms with Gasteiger partial charge in [-0.3, -0.25) is 0 Å². The summed E-state index contributed by atoms with van der Waals surface area (Å²) in [5.74, 6) is 1.56. The van der Waals surface area contributed by atoms with Crippen molar-refractivity contribution in [3.05, 3.63) is 82.2 Å². The molecule has 34 heavy (non-hydrogen) atoms. The summed E-state index contributed by atoms with van der Waals surface area (Å²) in [7, 11) is 0. The summed E-state index contributed by atoms with van der Waals surface area (Å²) in [6.07, 6.45) is 7.90. The van der Waals surface area contributed by atoms with Gasteiger partial charge in [-0.15, -0.1) is 0 Å². The van der Waals surface area contributed by atoms with Crippen molar-refractivity contribution in [2.75, 3.05) is 13.1 Å². The summed E-state index contributed by atoms with van der Waals surface area (Å²) in [6, 6.07) is 15.0. The zero-order valence-electron chi connectivity index (χ0n) is 20.5. The minimum Gasteiger partial charge on any atom is -0.371 e. The topological polar surface area (TPSA) is 55.7 Å². The predicted octanol–water partition coefficient (Wildman–Crippen LogP) is 6.55. The fourth-order valence-corrected chi connectivity index (χ4v) is 5.65. The molecule has 1 aliphatic carbocycles. The van der Waals surface area contributed by atoms with E-state index in [-0.39, 0.29) is 0 Å². The Balaban J connectivity index is 1.36. The number of piperidine rings is 1. The van der Waals surface area contributed by atoms with Crippen molar-refractivity contribution in [2.45, 2.75) is 64.7 Å². The van der Waals surface area contributed by atoms with Gasteiger partial charge < -0.3 is 9.88 Å². The predicted molar refractivity (Wildman–Crippen MR) is 139 cm³/mol. The van der Waals surface area contributed by atoms with Crippen molar-refractivity contribution in [1.29, 1.82) is 5.26 Å². The Morgan fingerprint density at radius 1 is 1.15 bits per heavy atom. The fraction of sp³-hybridized carbons (Fsp3) is 0.400. The van der Waals surface area contributed by atoms with Crippen molar-refractivity contribution in [2.24, 2.45) is 0 Å². The first-order chi connectivity index (χ1) is 16.6. The highest BCUT2D eigenvalue weighted by Gasteiger charge is 2.24. The summed E-state index contributed by atoms with van der Waals surface area (Å²) in [6.45, 7) is 11.0. The van der Waals surface area contributed by atoms with Crippen molar-refractivity contribution in [1.82, 2.24) is 14.9 Å². The quantitative estimate of drug-likeness (QED) is 0.480. The van der Waals surface area contributed by atoms with Crippen LogP contribution in [0.1, 0.15) is 77.7 Å². The van der Waals surface area contributed by atoms with Crippen LogP contribution >= 0.6 is 0 Å². The molecule has 174 valence electrons. The first-order valence-electron chi connectivity index (χ1n) is 12.7. The van der Waals surface area contributed by atoms with Gasteiger partial charge in [-0.1, -0.05) is 31.7 Å². The summed E-state index contributed by atoms with van der Waals surface area (Å²) in [4.78, 5) is 11.1. The second-order valence-electron chi connectivity index (χ2n) is 9.84. The first kappa shape index (κ1) is 22.5. The largest absolute Gasteiger partial charge is 0.371 e. The summed E-state index contributed by atoms with van der Waals surface area (Å²) in [5, 5.41) is 9.07. The van der Waals surface area contributed by atoms with Gasteiger partial charge in [0.2, 0.25) is 0 Å². The number of imidazole rings is 1. The van der Waals surface area contributed by atoms with Crippen LogP contribution in [0.5, 0.6) is 0 Å². The number of hydrogen-bond acceptors (Lipinski definition) is 3. The Labute approximate surface area is 203 Å². The number of H-pyrrole nitrogens is 1. The summed E-state index contributed by atoms with van der Waals surface area (Å²) < 4.78 is 0. The van der Waals surface area contributed by atoms with Crippen LogP contribution in [0.25, 0.3) is 17.1 Å². The third-order valence-electron chi connectivity index (χ3n) is 7.74. The molecule has 1 aromatic heterocycles. The molecule has 3 aromatic rings. The fourth-order valence-electron chi connectivity index (χ4n) is 5.65. The van der Waals surface area contributed by atoms with E-state index < -0.39 is 0 Å². The number of fused-ring (bicyclic) bond motifs is 1. The van der Waals surface area contributed by atoms with Gasteiger partial charge in [-0.25, -0.2) is 4.98 Å². The number of likely N-dealkylation sites (tertiary alicyclic amines) is 1. The molecule has 2 aromatic carbocycles. The van der Waals surface area contributed by atoms with E-state index in [4.69, 9.17) is 10.2 Å². The van der Waals surface area contributed by atoms with E-state index in [9.17, 15) is 0 Å². The van der Waals surface area contributed by atoms with E-state index in [1.54, 1.807) is 0 Å². The highest BCUT2D eigenvalue weighted by Crippen LogP contribution is 2.35. The number of aromatic amines is 1. The van der Waals surface area contributed by atoms with E-state index in [1.165, 1.54) is 52.0 Å². The van der Waals surface area contributed by atoms with Crippen molar-refractivity contribution >= 4 is 5.70 Å². The number of nitrogens with one attached hydrogen (secondary N) is 1. The Hall–Kier alpha value is -3.32. The van der Waals surface area contributed by atoms with Gasteiger partial charge >= 0.3 is 0 Å². The monoisotopic (exact) mass is 450 g/mol. The highest BCUT2D eigenvalue weighted by atomic mass is 15.1. The van der Waals surface area contributed by atoms with Gasteiger partial charge in [0.15, 0.2) is 0 Å². The molecule has 0 saturated carbocycles. The Morgan fingerprint density at radius 3 is 2.56 bits per heavy atom. The minimum absolute atomic E-state index is 0.547. The van der Waals surface area contributed by atoms with Gasteiger partial charge in [0.1, 0.15) is 5.82 Å². The van der Waals surface area contributed by atoms with Crippen molar-refractivity contribution < 1.29 is 0 Å². The molecule has 1 N–H and O–H groups in total. The van der Waals surface area contributed by atoms with Crippen LogP contribution in [-0.4, -0.2) is 28.0 Å². The SMILES string of the molecule is C=C(c1cc(-c2nc3c([nH]2)CCCC3)c(C)cc1CC)N1CCC(c2ccc(C#N)cc2)CC1. The van der Waals surface area contributed by atoms with Crippen LogP contribution < -0.4 is 0 Å². The van der Waals surface area contributed by atoms with Crippen molar-refractivity contribution in [3.8, 4) is 17.5 Å². The lowest BCUT2D eigenvalue weighted by Gasteiger charge is -2.36. The first-order valence-corrected chi connectivity index (χ1v) is 12.7. The van der Waals surface area contributed by atoms with Crippen LogP contribution in [0.2, 0.25) is 0 Å². The van der Waals surface area contributed by atoms with Gasteiger partial charge in [0.25, 0.3) is 0 Å². The number of hydrogen-bond donors (Lipinski definition) is 1. The van der Waals surface area contributed by atoms with Gasteiger partial charge in [0, 0.05) is 35.6 Å². The molecule has 5 rings (SSSR count). The maximum atomic E-state index is 9.07. The molecule has 0 bridgehead atoms. The number of aryl methyl sites for hydroxylation is 4. The Bertz CT molecular complexity index is 1210. The molecule has 0 amide bonds. The molecule has 2 heterocycles. The lowest BCUT2D eigenvalue weighted by molar-refractivity contribution is 0.299. The third-order valence-corrected chi connectivity index (χ3v) is 7.74. The Morgan fingerprint density at radius 2 is 1.88 bits per heavy atom. The second-order valence-corrected chi connectivity index (χ2v) is 9.84. The molecule has 1 fully saturated rings. The average molecular weight is 451 g/mol. The van der Waals surface area contributed by atoms with Crippen LogP contribution in [0, 0.1) is 18.3 Å². The molecular formula is C30H34N4. The molecule has 4 nitrogen and oxygen atoms in total. The minimum atomic E-state index is 0.547. The smallest absolute Gasteiger partial charge is 0.138 e. The van der Waals surface area contributed by atoms with Crippen LogP contribution in [-0.2, 0) is 19.3 Å². The lowest BCUT2D eigenvalue weighted by atomic mass is 9.88. The zero-order chi connectivity index (χ0) is 23.7. The molecule has 0 unspecified atom stereocenters. The van der Waals surface area contributed by atoms with Crippen LogP contribution in [0.15, 0.2) is 43.0 Å². The van der Waals surface area contributed by atoms with E-state index in [2.05, 4.69) is 60.6 Å². The average Bonchev–Trinajstić information content (AvgIpc) is 3.32. The molecule has 0 spiro atoms. The number of nitriles is 1. The molecule has 0 atom stereocenters. The van der Waals surface area contributed by atoms with Gasteiger partial charge in [0.05, 0.1) is 17.3 Å². The second kappa shape index (κ2) is 9.50. The van der Waals surface area contributed by atoms with Crippen molar-refractivity contribution in [3.63, 3.8) is 0 Å². The maximum absolute atomic E-state index is 9.07. The Kier molecular flexibility index (Phi) is 6.28. The van der Waals surface area contributed by atoms with Crippen LogP contribution in [0.3, 0.4) is 0 Å². The molecule has 2 aliphatic rings. The molecule has 1 aliphatic heterocycles. The lowest BCUT2D eigenvalue weighted by Crippen LogP contribution is -2.31. The molecule has 0 radical (unpaired) electrons. The highest BCUT2D eigenvalue weighted by molar-refractivity contribution is 5.73. The summed E-state index contributed by atoms with van der Waals surface area (Å²) in [5.41, 5.74) is 10.9. The standard InChI is InChI=1S/C30H34N4/c1-4-23-17-20(2)26(30-32-28-7-5-6-8-29(28)33-30)18-27(23)21(3)34-15-13-25(14-16-34)24-11-9-22(19-31)10-12-24/h9-12,17-18,25H,3-8,13-16H2,1-2H3,(H,32,33). The molecule has 4 heteroatoms. The van der Waals surface area contributed by atoms with E-state index in [0.717, 1.165) is 62.3 Å². The van der Waals surface area contributed by atoms with Crippen LogP contribution in [0.4, 0.5) is 0 Å². The zero-order valence-corrected chi connectivity index (χ0v) is 20.5. The van der Waals surface area contributed by atoms with E-state index in [0.29, 0.717) is 5.92 Å². The van der Waals surface area contributed by atoms with Gasteiger partial charge in [-0.05, 0) is 92.7 Å².